The highest BCUT2D eigenvalue weighted by Gasteiger charge is 2.30. The molecule has 114 valence electrons. The maximum atomic E-state index is 12.6. The molecule has 3 N–H and O–H groups in total. The van der Waals surface area contributed by atoms with Crippen LogP contribution in [0.4, 0.5) is 0 Å². The van der Waals surface area contributed by atoms with Crippen molar-refractivity contribution in [1.82, 2.24) is 4.72 Å². The van der Waals surface area contributed by atoms with Gasteiger partial charge in [0.25, 0.3) is 0 Å². The second-order valence-electron chi connectivity index (χ2n) is 6.11. The molecule has 20 heavy (non-hydrogen) atoms. The SMILES string of the molecule is Cc1csc(CN)c1S(=O)(=O)NC1CC(C)CC(C)C1. The van der Waals surface area contributed by atoms with Crippen molar-refractivity contribution in [3.8, 4) is 0 Å². The number of nitrogens with one attached hydrogen (secondary N) is 1. The monoisotopic (exact) mass is 316 g/mol. The fourth-order valence-corrected chi connectivity index (χ4v) is 6.27. The number of rotatable bonds is 4. The largest absolute Gasteiger partial charge is 0.326 e. The summed E-state index contributed by atoms with van der Waals surface area (Å²) in [5, 5.41) is 1.86. The van der Waals surface area contributed by atoms with Gasteiger partial charge in [-0.3, -0.25) is 0 Å². The third-order valence-electron chi connectivity index (χ3n) is 3.94. The lowest BCUT2D eigenvalue weighted by Crippen LogP contribution is -2.40. The quantitative estimate of drug-likeness (QED) is 0.897. The lowest BCUT2D eigenvalue weighted by molar-refractivity contribution is 0.257. The summed E-state index contributed by atoms with van der Waals surface area (Å²) in [4.78, 5) is 1.14. The van der Waals surface area contributed by atoms with Crippen molar-refractivity contribution >= 4 is 21.4 Å². The normalized spacial score (nSPS) is 27.7. The maximum absolute atomic E-state index is 12.6. The van der Waals surface area contributed by atoms with E-state index >= 15 is 0 Å². The van der Waals surface area contributed by atoms with Crippen LogP contribution in [0.15, 0.2) is 10.3 Å². The molecule has 0 aromatic carbocycles. The average Bonchev–Trinajstić information content (AvgIpc) is 2.69. The first kappa shape index (κ1) is 15.9. The van der Waals surface area contributed by atoms with Gasteiger partial charge in [-0.25, -0.2) is 13.1 Å². The van der Waals surface area contributed by atoms with E-state index in [1.54, 1.807) is 0 Å². The molecule has 1 aromatic heterocycles. The summed E-state index contributed by atoms with van der Waals surface area (Å²) in [7, 11) is -3.46. The Hall–Kier alpha value is -0.430. The molecule has 1 heterocycles. The zero-order valence-corrected chi connectivity index (χ0v) is 14.0. The smallest absolute Gasteiger partial charge is 0.242 e. The fraction of sp³-hybridized carbons (Fsp3) is 0.714. The summed E-state index contributed by atoms with van der Waals surface area (Å²) in [6.07, 6.45) is 3.03. The van der Waals surface area contributed by atoms with Crippen molar-refractivity contribution in [2.24, 2.45) is 17.6 Å². The van der Waals surface area contributed by atoms with Crippen LogP contribution in [0.1, 0.15) is 43.6 Å². The van der Waals surface area contributed by atoms with Crippen molar-refractivity contribution in [3.05, 3.63) is 15.8 Å². The van der Waals surface area contributed by atoms with Gasteiger partial charge in [0.05, 0.1) is 0 Å². The van der Waals surface area contributed by atoms with Crippen LogP contribution >= 0.6 is 11.3 Å². The van der Waals surface area contributed by atoms with Crippen LogP contribution in [0.2, 0.25) is 0 Å². The Bertz CT molecular complexity index is 556. The van der Waals surface area contributed by atoms with E-state index in [0.29, 0.717) is 16.7 Å². The molecule has 0 amide bonds. The molecule has 4 nitrogen and oxygen atoms in total. The Balaban J connectivity index is 2.21. The summed E-state index contributed by atoms with van der Waals surface area (Å²) in [5.41, 5.74) is 6.45. The molecule has 1 aliphatic carbocycles. The van der Waals surface area contributed by atoms with Gasteiger partial charge in [-0.15, -0.1) is 11.3 Å². The van der Waals surface area contributed by atoms with Gasteiger partial charge >= 0.3 is 0 Å². The van der Waals surface area contributed by atoms with Gasteiger partial charge in [-0.1, -0.05) is 13.8 Å². The fourth-order valence-electron chi connectivity index (χ4n) is 3.31. The molecule has 0 saturated heterocycles. The summed E-state index contributed by atoms with van der Waals surface area (Å²) in [6.45, 7) is 6.48. The molecule has 1 saturated carbocycles. The lowest BCUT2D eigenvalue weighted by Gasteiger charge is -2.31. The van der Waals surface area contributed by atoms with Crippen molar-refractivity contribution in [2.45, 2.75) is 57.5 Å². The van der Waals surface area contributed by atoms with Crippen LogP contribution < -0.4 is 10.5 Å². The van der Waals surface area contributed by atoms with Gasteiger partial charge in [0.15, 0.2) is 0 Å². The first-order chi connectivity index (χ1) is 9.33. The van der Waals surface area contributed by atoms with Crippen LogP contribution in [-0.2, 0) is 16.6 Å². The Labute approximate surface area is 125 Å². The first-order valence-corrected chi connectivity index (χ1v) is 9.49. The Morgan fingerprint density at radius 2 is 1.90 bits per heavy atom. The van der Waals surface area contributed by atoms with E-state index in [1.807, 2.05) is 12.3 Å². The predicted molar refractivity (Wildman–Crippen MR) is 83.2 cm³/mol. The number of thiophene rings is 1. The molecule has 0 spiro atoms. The van der Waals surface area contributed by atoms with Crippen molar-refractivity contribution in [2.75, 3.05) is 0 Å². The van der Waals surface area contributed by atoms with E-state index in [9.17, 15) is 8.42 Å². The molecule has 2 atom stereocenters. The highest BCUT2D eigenvalue weighted by molar-refractivity contribution is 7.89. The van der Waals surface area contributed by atoms with E-state index in [1.165, 1.54) is 17.8 Å². The van der Waals surface area contributed by atoms with Crippen molar-refractivity contribution < 1.29 is 8.42 Å². The standard InChI is InChI=1S/C14H24N2O2S2/c1-9-4-10(2)6-12(5-9)16-20(17,18)14-11(3)8-19-13(14)7-15/h8-10,12,16H,4-7,15H2,1-3H3. The van der Waals surface area contributed by atoms with E-state index < -0.39 is 10.0 Å². The van der Waals surface area contributed by atoms with Gasteiger partial charge in [0.1, 0.15) is 4.90 Å². The molecule has 2 rings (SSSR count). The third kappa shape index (κ3) is 3.42. The van der Waals surface area contributed by atoms with E-state index in [0.717, 1.165) is 23.3 Å². The number of nitrogens with two attached hydrogens (primary N) is 1. The molecule has 0 aliphatic heterocycles. The van der Waals surface area contributed by atoms with Gasteiger partial charge in [-0.2, -0.15) is 0 Å². The maximum Gasteiger partial charge on any atom is 0.242 e. The summed E-state index contributed by atoms with van der Waals surface area (Å²) < 4.78 is 28.1. The molecular formula is C14H24N2O2S2. The first-order valence-electron chi connectivity index (χ1n) is 7.12. The highest BCUT2D eigenvalue weighted by Crippen LogP contribution is 2.31. The lowest BCUT2D eigenvalue weighted by atomic mass is 9.81. The summed E-state index contributed by atoms with van der Waals surface area (Å²) in [6, 6.07) is 0.0451. The number of sulfonamides is 1. The topological polar surface area (TPSA) is 72.2 Å². The Morgan fingerprint density at radius 3 is 2.45 bits per heavy atom. The molecule has 0 bridgehead atoms. The van der Waals surface area contributed by atoms with Crippen LogP contribution in [-0.4, -0.2) is 14.5 Å². The number of aryl methyl sites for hydroxylation is 1. The van der Waals surface area contributed by atoms with Crippen LogP contribution in [0.5, 0.6) is 0 Å². The number of hydrogen-bond acceptors (Lipinski definition) is 4. The van der Waals surface area contributed by atoms with Crippen LogP contribution in [0.3, 0.4) is 0 Å². The Kier molecular flexibility index (Phi) is 4.89. The predicted octanol–water partition coefficient (Wildman–Crippen LogP) is 2.62. The van der Waals surface area contributed by atoms with Gasteiger partial charge in [0, 0.05) is 17.5 Å². The van der Waals surface area contributed by atoms with Crippen LogP contribution in [0.25, 0.3) is 0 Å². The average molecular weight is 316 g/mol. The van der Waals surface area contributed by atoms with E-state index in [2.05, 4.69) is 18.6 Å². The Morgan fingerprint density at radius 1 is 1.30 bits per heavy atom. The zero-order chi connectivity index (χ0) is 14.9. The second kappa shape index (κ2) is 6.13. The molecule has 1 fully saturated rings. The molecule has 2 unspecified atom stereocenters. The zero-order valence-electron chi connectivity index (χ0n) is 12.3. The molecular weight excluding hydrogens is 292 g/mol. The van der Waals surface area contributed by atoms with Crippen LogP contribution in [0, 0.1) is 18.8 Å². The van der Waals surface area contributed by atoms with E-state index in [-0.39, 0.29) is 12.6 Å². The van der Waals surface area contributed by atoms with Gasteiger partial charge < -0.3 is 5.73 Å². The molecule has 1 aromatic rings. The summed E-state index contributed by atoms with van der Waals surface area (Å²) >= 11 is 1.42. The van der Waals surface area contributed by atoms with E-state index in [4.69, 9.17) is 5.73 Å². The molecule has 1 aliphatic rings. The minimum absolute atomic E-state index is 0.0451. The highest BCUT2D eigenvalue weighted by atomic mass is 32.2. The van der Waals surface area contributed by atoms with Crippen molar-refractivity contribution in [1.29, 1.82) is 0 Å². The minimum Gasteiger partial charge on any atom is -0.326 e. The minimum atomic E-state index is -3.46. The molecule has 6 heteroatoms. The second-order valence-corrected chi connectivity index (χ2v) is 8.73. The number of hydrogen-bond donors (Lipinski definition) is 2. The van der Waals surface area contributed by atoms with Gasteiger partial charge in [-0.05, 0) is 49.0 Å². The van der Waals surface area contributed by atoms with Gasteiger partial charge in [0.2, 0.25) is 10.0 Å². The molecule has 0 radical (unpaired) electrons. The third-order valence-corrected chi connectivity index (χ3v) is 6.95. The summed E-state index contributed by atoms with van der Waals surface area (Å²) in [5.74, 6) is 1.15. The van der Waals surface area contributed by atoms with Crippen molar-refractivity contribution in [3.63, 3.8) is 0 Å².